The third kappa shape index (κ3) is 11.2. The standard InChI is InChI=1S/C45H58F2O6Si/c1-8-9-25-54(6,7)38-19-17-34(18-20-38)40-22-21-39(41(46)42(40)47)33-15-13-32(14-16-33)35-26-36(28-52-44(49)30(2)3)43(51-24-12-10-11-23-48)37(27-35)29-53-45(50)31(4)5/h13-16,21-22,26-27,34,38,48H,2,4,8-12,17-20,23-25,28-29H2,1,3,5-7H3. The topological polar surface area (TPSA) is 82.1 Å². The smallest absolute Gasteiger partial charge is 0.333 e. The Labute approximate surface area is 321 Å². The van der Waals surface area contributed by atoms with Gasteiger partial charge in [0.2, 0.25) is 0 Å². The van der Waals surface area contributed by atoms with Gasteiger partial charge in [0, 0.05) is 34.4 Å². The molecule has 0 aliphatic heterocycles. The Hall–Kier alpha value is -4.08. The Morgan fingerprint density at radius 3 is 1.89 bits per heavy atom. The van der Waals surface area contributed by atoms with E-state index in [4.69, 9.17) is 14.2 Å². The van der Waals surface area contributed by atoms with Crippen molar-refractivity contribution in [1.82, 2.24) is 0 Å². The molecule has 54 heavy (non-hydrogen) atoms. The molecule has 292 valence electrons. The summed E-state index contributed by atoms with van der Waals surface area (Å²) in [4.78, 5) is 24.8. The van der Waals surface area contributed by atoms with Crippen molar-refractivity contribution in [3.8, 4) is 28.0 Å². The van der Waals surface area contributed by atoms with E-state index in [0.717, 1.165) is 48.8 Å². The van der Waals surface area contributed by atoms with E-state index in [-0.39, 0.29) is 42.4 Å². The second kappa shape index (κ2) is 20.0. The van der Waals surface area contributed by atoms with Crippen LogP contribution in [0.1, 0.15) is 101 Å². The van der Waals surface area contributed by atoms with Crippen LogP contribution >= 0.6 is 0 Å². The molecule has 9 heteroatoms. The van der Waals surface area contributed by atoms with Gasteiger partial charge >= 0.3 is 11.9 Å². The summed E-state index contributed by atoms with van der Waals surface area (Å²) in [5, 5.41) is 9.17. The van der Waals surface area contributed by atoms with Gasteiger partial charge in [-0.3, -0.25) is 0 Å². The Kier molecular flexibility index (Phi) is 15.8. The zero-order valence-corrected chi connectivity index (χ0v) is 33.8. The number of aliphatic hydroxyl groups excluding tert-OH is 1. The lowest BCUT2D eigenvalue weighted by Gasteiger charge is -2.38. The van der Waals surface area contributed by atoms with Gasteiger partial charge in [0.25, 0.3) is 0 Å². The summed E-state index contributed by atoms with van der Waals surface area (Å²) in [6.07, 6.45) is 8.54. The minimum atomic E-state index is -1.33. The van der Waals surface area contributed by atoms with Gasteiger partial charge in [-0.2, -0.15) is 0 Å². The molecule has 3 aromatic carbocycles. The molecule has 0 heterocycles. The number of unbranched alkanes of at least 4 members (excludes halogenated alkanes) is 3. The molecule has 4 rings (SSSR count). The molecule has 0 amide bonds. The Morgan fingerprint density at radius 2 is 1.35 bits per heavy atom. The van der Waals surface area contributed by atoms with E-state index in [1.807, 2.05) is 24.3 Å². The maximum atomic E-state index is 15.8. The lowest BCUT2D eigenvalue weighted by atomic mass is 9.83. The predicted octanol–water partition coefficient (Wildman–Crippen LogP) is 11.6. The Balaban J connectivity index is 1.61. The summed E-state index contributed by atoms with van der Waals surface area (Å²) < 4.78 is 48.8. The van der Waals surface area contributed by atoms with E-state index < -0.39 is 31.6 Å². The predicted molar refractivity (Wildman–Crippen MR) is 215 cm³/mol. The molecule has 0 unspecified atom stereocenters. The molecule has 1 N–H and O–H groups in total. The van der Waals surface area contributed by atoms with Crippen molar-refractivity contribution in [2.24, 2.45) is 0 Å². The third-order valence-corrected chi connectivity index (χ3v) is 15.2. The van der Waals surface area contributed by atoms with Crippen molar-refractivity contribution in [3.05, 3.63) is 101 Å². The fraction of sp³-hybridized carbons (Fsp3) is 0.467. The molecule has 0 saturated heterocycles. The highest BCUT2D eigenvalue weighted by Gasteiger charge is 2.35. The number of benzene rings is 3. The van der Waals surface area contributed by atoms with Gasteiger partial charge in [-0.1, -0.05) is 101 Å². The van der Waals surface area contributed by atoms with E-state index in [1.165, 1.54) is 18.9 Å². The zero-order valence-electron chi connectivity index (χ0n) is 32.8. The molecule has 0 radical (unpaired) electrons. The molecule has 3 aromatic rings. The monoisotopic (exact) mass is 760 g/mol. The zero-order chi connectivity index (χ0) is 39.4. The molecular formula is C45H58F2O6Si. The quantitative estimate of drug-likeness (QED) is 0.0567. The average molecular weight is 761 g/mol. The molecule has 1 fully saturated rings. The molecule has 0 spiro atoms. The number of carbonyl (C=O) groups is 2. The van der Waals surface area contributed by atoms with Gasteiger partial charge in [-0.25, -0.2) is 18.4 Å². The fourth-order valence-electron chi connectivity index (χ4n) is 7.39. The first-order valence-corrected chi connectivity index (χ1v) is 22.7. The van der Waals surface area contributed by atoms with Crippen molar-refractivity contribution < 1.29 is 37.7 Å². The lowest BCUT2D eigenvalue weighted by molar-refractivity contribution is -0.140. The van der Waals surface area contributed by atoms with Gasteiger partial charge in [0.1, 0.15) is 19.0 Å². The van der Waals surface area contributed by atoms with E-state index in [0.29, 0.717) is 47.5 Å². The summed E-state index contributed by atoms with van der Waals surface area (Å²) >= 11 is 0. The number of ether oxygens (including phenoxy) is 3. The first-order chi connectivity index (χ1) is 25.8. The number of hydrogen-bond acceptors (Lipinski definition) is 6. The number of aliphatic hydroxyl groups is 1. The second-order valence-electron chi connectivity index (χ2n) is 15.5. The van der Waals surface area contributed by atoms with Crippen LogP contribution in [0.2, 0.25) is 24.7 Å². The van der Waals surface area contributed by atoms with Gasteiger partial charge in [-0.15, -0.1) is 0 Å². The Morgan fingerprint density at radius 1 is 0.778 bits per heavy atom. The van der Waals surface area contributed by atoms with E-state index >= 15 is 8.78 Å². The molecule has 6 nitrogen and oxygen atoms in total. The van der Waals surface area contributed by atoms with Crippen LogP contribution in [0.25, 0.3) is 22.3 Å². The number of halogens is 2. The third-order valence-electron chi connectivity index (χ3n) is 10.8. The highest BCUT2D eigenvalue weighted by Crippen LogP contribution is 2.46. The van der Waals surface area contributed by atoms with Gasteiger partial charge < -0.3 is 19.3 Å². The fourth-order valence-corrected chi connectivity index (χ4v) is 11.0. The molecule has 1 saturated carbocycles. The van der Waals surface area contributed by atoms with Gasteiger partial charge in [0.15, 0.2) is 11.6 Å². The summed E-state index contributed by atoms with van der Waals surface area (Å²) in [6.45, 7) is 17.8. The van der Waals surface area contributed by atoms with E-state index in [9.17, 15) is 14.7 Å². The normalized spacial score (nSPS) is 15.8. The first kappa shape index (κ1) is 42.7. The van der Waals surface area contributed by atoms with Crippen LogP contribution in [0.4, 0.5) is 8.78 Å². The van der Waals surface area contributed by atoms with Crippen molar-refractivity contribution in [2.45, 2.75) is 122 Å². The first-order valence-electron chi connectivity index (χ1n) is 19.4. The maximum Gasteiger partial charge on any atom is 0.333 e. The second-order valence-corrected chi connectivity index (χ2v) is 20.8. The minimum Gasteiger partial charge on any atom is -0.493 e. The highest BCUT2D eigenvalue weighted by atomic mass is 28.3. The molecule has 0 bridgehead atoms. The molecule has 1 aliphatic carbocycles. The Bertz CT molecular complexity index is 1720. The summed E-state index contributed by atoms with van der Waals surface area (Å²) in [6, 6.07) is 15.6. The number of esters is 2. The molecule has 1 aliphatic rings. The van der Waals surface area contributed by atoms with Crippen LogP contribution in [-0.4, -0.2) is 38.3 Å². The molecular weight excluding hydrogens is 703 g/mol. The van der Waals surface area contributed by atoms with Gasteiger partial charge in [0.05, 0.1) is 14.7 Å². The number of hydrogen-bond donors (Lipinski definition) is 1. The van der Waals surface area contributed by atoms with Crippen LogP contribution in [0.5, 0.6) is 5.75 Å². The van der Waals surface area contributed by atoms with Crippen molar-refractivity contribution >= 4 is 20.0 Å². The van der Waals surface area contributed by atoms with Gasteiger partial charge in [-0.05, 0) is 91.8 Å². The van der Waals surface area contributed by atoms with Crippen molar-refractivity contribution in [3.63, 3.8) is 0 Å². The lowest BCUT2D eigenvalue weighted by Crippen LogP contribution is -2.34. The van der Waals surface area contributed by atoms with Crippen LogP contribution in [0.15, 0.2) is 72.8 Å². The van der Waals surface area contributed by atoms with Crippen molar-refractivity contribution in [1.29, 1.82) is 0 Å². The molecule has 0 atom stereocenters. The minimum absolute atomic E-state index is 0.0309. The summed E-state index contributed by atoms with van der Waals surface area (Å²) in [5.74, 6) is -2.24. The van der Waals surface area contributed by atoms with Crippen LogP contribution in [0, 0.1) is 11.6 Å². The molecule has 0 aromatic heterocycles. The van der Waals surface area contributed by atoms with E-state index in [2.05, 4.69) is 33.2 Å². The summed E-state index contributed by atoms with van der Waals surface area (Å²) in [7, 11) is -1.33. The highest BCUT2D eigenvalue weighted by molar-refractivity contribution is 6.78. The van der Waals surface area contributed by atoms with E-state index in [1.54, 1.807) is 38.1 Å². The summed E-state index contributed by atoms with van der Waals surface area (Å²) in [5.41, 5.74) is 5.05. The number of rotatable bonds is 19. The van der Waals surface area contributed by atoms with Crippen molar-refractivity contribution in [2.75, 3.05) is 13.2 Å². The average Bonchev–Trinajstić information content (AvgIpc) is 3.16. The maximum absolute atomic E-state index is 15.8. The SMILES string of the molecule is C=C(C)C(=O)OCc1cc(-c2ccc(-c3ccc(C4CCC([Si](C)(C)CCCC)CC4)c(F)c3F)cc2)cc(COC(=O)C(=C)C)c1OCCCCCO. The van der Waals surface area contributed by atoms with Crippen LogP contribution in [0.3, 0.4) is 0 Å². The van der Waals surface area contributed by atoms with Crippen LogP contribution in [-0.2, 0) is 32.3 Å². The number of carbonyl (C=O) groups excluding carboxylic acids is 2. The van der Waals surface area contributed by atoms with Crippen LogP contribution < -0.4 is 4.74 Å². The largest absolute Gasteiger partial charge is 0.493 e.